The summed E-state index contributed by atoms with van der Waals surface area (Å²) in [5.74, 6) is 1.67. The lowest BCUT2D eigenvalue weighted by molar-refractivity contribution is 0.0946. The molecule has 2 aromatic heterocycles. The first kappa shape index (κ1) is 15.5. The minimum absolute atomic E-state index is 0.167. The lowest BCUT2D eigenvalue weighted by atomic mass is 9.99. The Balaban J connectivity index is 1.54. The average molecular weight is 310 g/mol. The predicted octanol–water partition coefficient (Wildman–Crippen LogP) is 2.64. The third-order valence-corrected chi connectivity index (χ3v) is 4.27. The van der Waals surface area contributed by atoms with Crippen molar-refractivity contribution in [1.29, 1.82) is 0 Å². The van der Waals surface area contributed by atoms with Gasteiger partial charge in [0, 0.05) is 32.0 Å². The van der Waals surface area contributed by atoms with Gasteiger partial charge in [0.2, 0.25) is 0 Å². The number of hydrogen-bond acceptors (Lipinski definition) is 4. The van der Waals surface area contributed by atoms with Crippen LogP contribution in [0, 0.1) is 5.92 Å². The minimum atomic E-state index is -0.167. The van der Waals surface area contributed by atoms with Crippen molar-refractivity contribution in [1.82, 2.24) is 15.3 Å². The summed E-state index contributed by atoms with van der Waals surface area (Å²) in [6.07, 6.45) is 5.91. The molecule has 0 unspecified atom stereocenters. The molecule has 120 valence electrons. The number of hydrogen-bond donors (Lipinski definition) is 1. The molecule has 3 heterocycles. The first-order chi connectivity index (χ1) is 11.2. The second kappa shape index (κ2) is 7.22. The van der Waals surface area contributed by atoms with Crippen LogP contribution in [0.15, 0.2) is 42.7 Å². The fraction of sp³-hybridized carbons (Fsp3) is 0.389. The molecule has 1 aliphatic heterocycles. The van der Waals surface area contributed by atoms with E-state index in [1.54, 1.807) is 24.4 Å². The Morgan fingerprint density at radius 2 is 2.04 bits per heavy atom. The van der Waals surface area contributed by atoms with Crippen molar-refractivity contribution in [2.75, 3.05) is 18.0 Å². The van der Waals surface area contributed by atoms with Gasteiger partial charge in [-0.15, -0.1) is 0 Å². The number of pyridine rings is 2. The van der Waals surface area contributed by atoms with Crippen molar-refractivity contribution in [3.05, 3.63) is 54.0 Å². The van der Waals surface area contributed by atoms with Crippen LogP contribution in [0.3, 0.4) is 0 Å². The maximum atomic E-state index is 12.0. The van der Waals surface area contributed by atoms with Crippen LogP contribution in [0.2, 0.25) is 0 Å². The number of rotatable bonds is 4. The largest absolute Gasteiger partial charge is 0.357 e. The molecule has 0 saturated carbocycles. The van der Waals surface area contributed by atoms with Gasteiger partial charge in [0.05, 0.1) is 0 Å². The SMILES string of the molecule is CC1CCN(c2ccc(CNC(=O)c3ccccn3)cn2)CC1. The molecule has 1 amide bonds. The number of amides is 1. The molecule has 1 aliphatic rings. The van der Waals surface area contributed by atoms with Crippen molar-refractivity contribution in [3.8, 4) is 0 Å². The molecule has 0 aromatic carbocycles. The van der Waals surface area contributed by atoms with Crippen molar-refractivity contribution >= 4 is 11.7 Å². The molecular weight excluding hydrogens is 288 g/mol. The topological polar surface area (TPSA) is 58.1 Å². The molecule has 1 N–H and O–H groups in total. The van der Waals surface area contributed by atoms with Gasteiger partial charge in [-0.25, -0.2) is 4.98 Å². The second-order valence-electron chi connectivity index (χ2n) is 6.09. The number of anilines is 1. The summed E-state index contributed by atoms with van der Waals surface area (Å²) >= 11 is 0. The third kappa shape index (κ3) is 4.06. The molecule has 1 saturated heterocycles. The third-order valence-electron chi connectivity index (χ3n) is 4.27. The molecule has 0 atom stereocenters. The van der Waals surface area contributed by atoms with E-state index >= 15 is 0 Å². The zero-order valence-corrected chi connectivity index (χ0v) is 13.4. The highest BCUT2D eigenvalue weighted by molar-refractivity contribution is 5.92. The number of carbonyl (C=O) groups excluding carboxylic acids is 1. The zero-order valence-electron chi connectivity index (χ0n) is 13.4. The molecule has 3 rings (SSSR count). The van der Waals surface area contributed by atoms with E-state index in [2.05, 4.69) is 27.1 Å². The summed E-state index contributed by atoms with van der Waals surface area (Å²) in [5, 5.41) is 2.86. The van der Waals surface area contributed by atoms with E-state index in [1.165, 1.54) is 12.8 Å². The van der Waals surface area contributed by atoms with E-state index in [4.69, 9.17) is 0 Å². The number of nitrogens with zero attached hydrogens (tertiary/aromatic N) is 3. The van der Waals surface area contributed by atoms with E-state index in [-0.39, 0.29) is 5.91 Å². The standard InChI is InChI=1S/C18H22N4O/c1-14-7-10-22(11-8-14)17-6-5-15(12-20-17)13-21-18(23)16-4-2-3-9-19-16/h2-6,9,12,14H,7-8,10-11,13H2,1H3,(H,21,23). The van der Waals surface area contributed by atoms with E-state index in [0.717, 1.165) is 30.4 Å². The zero-order chi connectivity index (χ0) is 16.1. The molecule has 1 fully saturated rings. The lowest BCUT2D eigenvalue weighted by Crippen LogP contribution is -2.33. The summed E-state index contributed by atoms with van der Waals surface area (Å²) < 4.78 is 0. The van der Waals surface area contributed by atoms with E-state index < -0.39 is 0 Å². The highest BCUT2D eigenvalue weighted by Gasteiger charge is 2.16. The Labute approximate surface area is 136 Å². The van der Waals surface area contributed by atoms with Crippen LogP contribution in [-0.2, 0) is 6.54 Å². The average Bonchev–Trinajstić information content (AvgIpc) is 2.61. The maximum Gasteiger partial charge on any atom is 0.270 e. The van der Waals surface area contributed by atoms with Crippen molar-refractivity contribution < 1.29 is 4.79 Å². The smallest absolute Gasteiger partial charge is 0.270 e. The van der Waals surface area contributed by atoms with Gasteiger partial charge in [-0.1, -0.05) is 19.1 Å². The van der Waals surface area contributed by atoms with Gasteiger partial charge in [-0.05, 0) is 42.5 Å². The Hall–Kier alpha value is -2.43. The maximum absolute atomic E-state index is 12.0. The molecule has 0 radical (unpaired) electrons. The van der Waals surface area contributed by atoms with Crippen LogP contribution in [0.25, 0.3) is 0 Å². The van der Waals surface area contributed by atoms with E-state index in [1.807, 2.05) is 18.3 Å². The first-order valence-corrected chi connectivity index (χ1v) is 8.11. The van der Waals surface area contributed by atoms with Gasteiger partial charge in [-0.2, -0.15) is 0 Å². The van der Waals surface area contributed by atoms with Crippen molar-refractivity contribution in [3.63, 3.8) is 0 Å². The fourth-order valence-electron chi connectivity index (χ4n) is 2.72. The van der Waals surface area contributed by atoms with Gasteiger partial charge in [0.15, 0.2) is 0 Å². The lowest BCUT2D eigenvalue weighted by Gasteiger charge is -2.31. The van der Waals surface area contributed by atoms with Gasteiger partial charge in [-0.3, -0.25) is 9.78 Å². The summed E-state index contributed by atoms with van der Waals surface area (Å²) in [6, 6.07) is 9.36. The predicted molar refractivity (Wildman–Crippen MR) is 90.3 cm³/mol. The molecule has 0 aliphatic carbocycles. The molecular formula is C18H22N4O. The Bertz CT molecular complexity index is 634. The monoisotopic (exact) mass is 310 g/mol. The van der Waals surface area contributed by atoms with Crippen molar-refractivity contribution in [2.45, 2.75) is 26.3 Å². The van der Waals surface area contributed by atoms with Crippen LogP contribution in [0.1, 0.15) is 35.8 Å². The van der Waals surface area contributed by atoms with Crippen LogP contribution in [0.4, 0.5) is 5.82 Å². The van der Waals surface area contributed by atoms with Gasteiger partial charge in [0.1, 0.15) is 11.5 Å². The first-order valence-electron chi connectivity index (χ1n) is 8.11. The normalized spacial score (nSPS) is 15.4. The molecule has 5 heteroatoms. The molecule has 5 nitrogen and oxygen atoms in total. The number of nitrogens with one attached hydrogen (secondary N) is 1. The van der Waals surface area contributed by atoms with Gasteiger partial charge >= 0.3 is 0 Å². The Morgan fingerprint density at radius 3 is 2.70 bits per heavy atom. The van der Waals surface area contributed by atoms with E-state index in [0.29, 0.717) is 12.2 Å². The minimum Gasteiger partial charge on any atom is -0.357 e. The summed E-state index contributed by atoms with van der Waals surface area (Å²) in [5.41, 5.74) is 1.42. The highest BCUT2D eigenvalue weighted by atomic mass is 16.1. The van der Waals surface area contributed by atoms with Crippen LogP contribution in [0.5, 0.6) is 0 Å². The second-order valence-corrected chi connectivity index (χ2v) is 6.09. The van der Waals surface area contributed by atoms with Crippen LogP contribution in [-0.4, -0.2) is 29.0 Å². The molecule has 0 bridgehead atoms. The summed E-state index contributed by atoms with van der Waals surface area (Å²) in [4.78, 5) is 22.9. The van der Waals surface area contributed by atoms with Crippen molar-refractivity contribution in [2.24, 2.45) is 5.92 Å². The summed E-state index contributed by atoms with van der Waals surface area (Å²) in [7, 11) is 0. The molecule has 2 aromatic rings. The molecule has 0 spiro atoms. The Morgan fingerprint density at radius 1 is 1.22 bits per heavy atom. The van der Waals surface area contributed by atoms with Gasteiger partial charge < -0.3 is 10.2 Å². The van der Waals surface area contributed by atoms with E-state index in [9.17, 15) is 4.79 Å². The van der Waals surface area contributed by atoms with Gasteiger partial charge in [0.25, 0.3) is 5.91 Å². The fourth-order valence-corrected chi connectivity index (χ4v) is 2.72. The van der Waals surface area contributed by atoms with Crippen LogP contribution < -0.4 is 10.2 Å². The number of piperidine rings is 1. The highest BCUT2D eigenvalue weighted by Crippen LogP contribution is 2.21. The number of carbonyl (C=O) groups is 1. The quantitative estimate of drug-likeness (QED) is 0.943. The van der Waals surface area contributed by atoms with Crippen LogP contribution >= 0.6 is 0 Å². The molecule has 23 heavy (non-hydrogen) atoms. The number of aromatic nitrogens is 2. The summed E-state index contributed by atoms with van der Waals surface area (Å²) in [6.45, 7) is 4.91. The Kier molecular flexibility index (Phi) is 4.86.